The van der Waals surface area contributed by atoms with Gasteiger partial charge in [0.1, 0.15) is 0 Å². The van der Waals surface area contributed by atoms with Crippen LogP contribution >= 0.6 is 0 Å². The third-order valence-corrected chi connectivity index (χ3v) is 4.58. The SMILES string of the molecule is C=C(NCCN1CCC1)c1ccc2[nH]c(CC)c(C)c2c1. The highest BCUT2D eigenvalue weighted by Crippen LogP contribution is 2.25. The van der Waals surface area contributed by atoms with Gasteiger partial charge in [-0.1, -0.05) is 19.6 Å². The second kappa shape index (κ2) is 5.94. The van der Waals surface area contributed by atoms with Gasteiger partial charge in [-0.15, -0.1) is 0 Å². The first kappa shape index (κ1) is 14.2. The lowest BCUT2D eigenvalue weighted by atomic mass is 10.1. The molecule has 21 heavy (non-hydrogen) atoms. The number of nitrogens with one attached hydrogen (secondary N) is 2. The number of hydrogen-bond donors (Lipinski definition) is 2. The van der Waals surface area contributed by atoms with Gasteiger partial charge in [-0.2, -0.15) is 0 Å². The van der Waals surface area contributed by atoms with Crippen molar-refractivity contribution >= 4 is 16.6 Å². The van der Waals surface area contributed by atoms with Crippen LogP contribution in [-0.2, 0) is 6.42 Å². The summed E-state index contributed by atoms with van der Waals surface area (Å²) >= 11 is 0. The second-order valence-electron chi connectivity index (χ2n) is 5.94. The molecule has 3 nitrogen and oxygen atoms in total. The molecule has 1 fully saturated rings. The molecule has 1 aromatic heterocycles. The third-order valence-electron chi connectivity index (χ3n) is 4.58. The van der Waals surface area contributed by atoms with Crippen molar-refractivity contribution in [2.75, 3.05) is 26.2 Å². The second-order valence-corrected chi connectivity index (χ2v) is 5.94. The summed E-state index contributed by atoms with van der Waals surface area (Å²) in [6.07, 6.45) is 2.40. The van der Waals surface area contributed by atoms with E-state index in [2.05, 4.69) is 53.8 Å². The quantitative estimate of drug-likeness (QED) is 0.852. The molecule has 0 saturated carbocycles. The van der Waals surface area contributed by atoms with Crippen LogP contribution in [0.25, 0.3) is 16.6 Å². The number of hydrogen-bond acceptors (Lipinski definition) is 2. The monoisotopic (exact) mass is 283 g/mol. The van der Waals surface area contributed by atoms with Crippen LogP contribution in [0.2, 0.25) is 0 Å². The molecule has 0 unspecified atom stereocenters. The van der Waals surface area contributed by atoms with Gasteiger partial charge in [-0.3, -0.25) is 0 Å². The molecule has 2 aromatic rings. The van der Waals surface area contributed by atoms with Crippen molar-refractivity contribution in [2.45, 2.75) is 26.7 Å². The Hall–Kier alpha value is -1.74. The van der Waals surface area contributed by atoms with E-state index in [1.807, 2.05) is 0 Å². The summed E-state index contributed by atoms with van der Waals surface area (Å²) in [6, 6.07) is 6.56. The highest BCUT2D eigenvalue weighted by molar-refractivity contribution is 5.87. The number of aryl methyl sites for hydroxylation is 2. The van der Waals surface area contributed by atoms with E-state index in [4.69, 9.17) is 0 Å². The van der Waals surface area contributed by atoms with Crippen molar-refractivity contribution in [3.8, 4) is 0 Å². The summed E-state index contributed by atoms with van der Waals surface area (Å²) in [6.45, 7) is 13.2. The molecule has 0 radical (unpaired) electrons. The van der Waals surface area contributed by atoms with Crippen molar-refractivity contribution in [3.63, 3.8) is 0 Å². The predicted molar refractivity (Wildman–Crippen MR) is 90.5 cm³/mol. The molecule has 1 aliphatic rings. The fourth-order valence-electron chi connectivity index (χ4n) is 3.00. The Labute approximate surface area is 127 Å². The van der Waals surface area contributed by atoms with Crippen LogP contribution in [0.1, 0.15) is 30.2 Å². The normalized spacial score (nSPS) is 15.1. The van der Waals surface area contributed by atoms with Crippen LogP contribution in [0.15, 0.2) is 24.8 Å². The van der Waals surface area contributed by atoms with Gasteiger partial charge in [0.05, 0.1) is 0 Å². The zero-order chi connectivity index (χ0) is 14.8. The Morgan fingerprint density at radius 3 is 2.86 bits per heavy atom. The predicted octanol–water partition coefficient (Wildman–Crippen LogP) is 3.30. The number of likely N-dealkylation sites (tertiary alicyclic amines) is 1. The van der Waals surface area contributed by atoms with Gasteiger partial charge in [-0.25, -0.2) is 0 Å². The molecule has 1 saturated heterocycles. The zero-order valence-corrected chi connectivity index (χ0v) is 13.1. The van der Waals surface area contributed by atoms with E-state index in [-0.39, 0.29) is 0 Å². The van der Waals surface area contributed by atoms with Crippen molar-refractivity contribution in [2.24, 2.45) is 0 Å². The lowest BCUT2D eigenvalue weighted by molar-refractivity contribution is 0.185. The molecule has 0 bridgehead atoms. The van der Waals surface area contributed by atoms with E-state index in [1.165, 1.54) is 47.2 Å². The van der Waals surface area contributed by atoms with Crippen molar-refractivity contribution < 1.29 is 0 Å². The summed E-state index contributed by atoms with van der Waals surface area (Å²) in [7, 11) is 0. The summed E-state index contributed by atoms with van der Waals surface area (Å²) in [5, 5.41) is 4.77. The van der Waals surface area contributed by atoms with Crippen LogP contribution in [-0.4, -0.2) is 36.1 Å². The molecular formula is C18H25N3. The number of H-pyrrole nitrogens is 1. The van der Waals surface area contributed by atoms with Crippen LogP contribution in [0.4, 0.5) is 0 Å². The average molecular weight is 283 g/mol. The number of fused-ring (bicyclic) bond motifs is 1. The molecule has 0 atom stereocenters. The number of benzene rings is 1. The maximum atomic E-state index is 4.19. The minimum atomic E-state index is 0.975. The molecule has 112 valence electrons. The fraction of sp³-hybridized carbons (Fsp3) is 0.444. The smallest absolute Gasteiger partial charge is 0.0459 e. The highest BCUT2D eigenvalue weighted by Gasteiger charge is 2.12. The summed E-state index contributed by atoms with van der Waals surface area (Å²) in [4.78, 5) is 5.96. The van der Waals surface area contributed by atoms with Gasteiger partial charge in [0.2, 0.25) is 0 Å². The number of nitrogens with zero attached hydrogens (tertiary/aromatic N) is 1. The highest BCUT2D eigenvalue weighted by atomic mass is 15.2. The molecule has 2 N–H and O–H groups in total. The number of aromatic amines is 1. The largest absolute Gasteiger partial charge is 0.384 e. The van der Waals surface area contributed by atoms with E-state index < -0.39 is 0 Å². The summed E-state index contributed by atoms with van der Waals surface area (Å²) < 4.78 is 0. The first-order valence-corrected chi connectivity index (χ1v) is 7.95. The Morgan fingerprint density at radius 1 is 1.38 bits per heavy atom. The Morgan fingerprint density at radius 2 is 2.19 bits per heavy atom. The maximum absolute atomic E-state index is 4.19. The van der Waals surface area contributed by atoms with Crippen molar-refractivity contribution in [1.82, 2.24) is 15.2 Å². The Kier molecular flexibility index (Phi) is 4.02. The topological polar surface area (TPSA) is 31.1 Å². The summed E-state index contributed by atoms with van der Waals surface area (Å²) in [5.41, 5.74) is 6.13. The van der Waals surface area contributed by atoms with Gasteiger partial charge in [0.25, 0.3) is 0 Å². The zero-order valence-electron chi connectivity index (χ0n) is 13.1. The van der Waals surface area contributed by atoms with E-state index in [9.17, 15) is 0 Å². The molecule has 1 aliphatic heterocycles. The van der Waals surface area contributed by atoms with Crippen molar-refractivity contribution in [1.29, 1.82) is 0 Å². The first-order valence-electron chi connectivity index (χ1n) is 7.95. The number of rotatable bonds is 6. The molecule has 3 heteroatoms. The molecular weight excluding hydrogens is 258 g/mol. The summed E-state index contributed by atoms with van der Waals surface area (Å²) in [5.74, 6) is 0. The lowest BCUT2D eigenvalue weighted by Crippen LogP contribution is -2.41. The molecule has 3 rings (SSSR count). The van der Waals surface area contributed by atoms with E-state index >= 15 is 0 Å². The first-order chi connectivity index (χ1) is 10.2. The van der Waals surface area contributed by atoms with Crippen molar-refractivity contribution in [3.05, 3.63) is 41.6 Å². The third kappa shape index (κ3) is 2.84. The van der Waals surface area contributed by atoms with Gasteiger partial charge < -0.3 is 15.2 Å². The van der Waals surface area contributed by atoms with E-state index in [0.717, 1.165) is 25.2 Å². The minimum Gasteiger partial charge on any atom is -0.384 e. The Balaban J connectivity index is 1.70. The number of aromatic nitrogens is 1. The van der Waals surface area contributed by atoms with Crippen LogP contribution in [0, 0.1) is 6.92 Å². The molecule has 0 spiro atoms. The van der Waals surface area contributed by atoms with Crippen LogP contribution in [0.5, 0.6) is 0 Å². The molecule has 0 aliphatic carbocycles. The minimum absolute atomic E-state index is 0.975. The Bertz CT molecular complexity index is 650. The average Bonchev–Trinajstić information content (AvgIpc) is 2.77. The van der Waals surface area contributed by atoms with Crippen LogP contribution in [0.3, 0.4) is 0 Å². The molecule has 0 amide bonds. The van der Waals surface area contributed by atoms with Gasteiger partial charge >= 0.3 is 0 Å². The fourth-order valence-corrected chi connectivity index (χ4v) is 3.00. The maximum Gasteiger partial charge on any atom is 0.0459 e. The van der Waals surface area contributed by atoms with Gasteiger partial charge in [0.15, 0.2) is 0 Å². The standard InChI is InChI=1S/C18H25N3/c1-4-17-13(2)16-12-15(6-7-18(16)20-17)14(3)19-8-11-21-9-5-10-21/h6-7,12,19-20H,3-5,8-11H2,1-2H3. The lowest BCUT2D eigenvalue weighted by Gasteiger charge is -2.30. The molecule has 1 aromatic carbocycles. The van der Waals surface area contributed by atoms with Crippen LogP contribution < -0.4 is 5.32 Å². The van der Waals surface area contributed by atoms with E-state index in [0.29, 0.717) is 0 Å². The molecule has 2 heterocycles. The van der Waals surface area contributed by atoms with Gasteiger partial charge in [-0.05, 0) is 56.1 Å². The van der Waals surface area contributed by atoms with E-state index in [1.54, 1.807) is 0 Å². The van der Waals surface area contributed by atoms with Gasteiger partial charge in [0, 0.05) is 35.4 Å².